The molecule has 0 aliphatic carbocycles. The number of ether oxygens (including phenoxy) is 2. The van der Waals surface area contributed by atoms with Gasteiger partial charge in [0.05, 0.1) is 13.0 Å². The number of amides is 1. The van der Waals surface area contributed by atoms with Crippen molar-refractivity contribution in [2.75, 3.05) is 11.9 Å². The van der Waals surface area contributed by atoms with Crippen LogP contribution in [-0.4, -0.2) is 30.0 Å². The Hall–Kier alpha value is -4.26. The van der Waals surface area contributed by atoms with Crippen molar-refractivity contribution < 1.29 is 28.7 Å². The largest absolute Gasteiger partial charge is 0.494 e. The van der Waals surface area contributed by atoms with Crippen LogP contribution < -0.4 is 10.1 Å². The molecule has 0 saturated carbocycles. The van der Waals surface area contributed by atoms with Gasteiger partial charge in [0.2, 0.25) is 6.10 Å². The lowest BCUT2D eigenvalue weighted by atomic mass is 10.1. The lowest BCUT2D eigenvalue weighted by molar-refractivity contribution is -0.154. The van der Waals surface area contributed by atoms with Crippen LogP contribution in [0.2, 0.25) is 0 Å². The molecule has 0 saturated heterocycles. The number of benzene rings is 3. The lowest BCUT2D eigenvalue weighted by Crippen LogP contribution is -2.26. The van der Waals surface area contributed by atoms with Gasteiger partial charge in [0, 0.05) is 28.8 Å². The molecule has 1 amide bonds. The first-order chi connectivity index (χ1) is 17.4. The predicted octanol–water partition coefficient (Wildman–Crippen LogP) is 5.56. The Morgan fingerprint density at radius 3 is 2.22 bits per heavy atom. The van der Waals surface area contributed by atoms with Crippen molar-refractivity contribution >= 4 is 29.1 Å². The molecule has 0 aromatic heterocycles. The fourth-order valence-electron chi connectivity index (χ4n) is 3.43. The summed E-state index contributed by atoms with van der Waals surface area (Å²) in [5, 5.41) is 2.70. The second-order valence-corrected chi connectivity index (χ2v) is 8.20. The topological polar surface area (TPSA) is 98.8 Å². The molecule has 1 unspecified atom stereocenters. The molecule has 3 rings (SSSR count). The Bertz CT molecular complexity index is 1200. The molecule has 0 heterocycles. The molecule has 36 heavy (non-hydrogen) atoms. The van der Waals surface area contributed by atoms with Gasteiger partial charge in [-0.3, -0.25) is 19.2 Å². The Kier molecular flexibility index (Phi) is 9.51. The van der Waals surface area contributed by atoms with Crippen LogP contribution in [0, 0.1) is 0 Å². The van der Waals surface area contributed by atoms with E-state index in [1.807, 2.05) is 6.92 Å². The van der Waals surface area contributed by atoms with E-state index in [9.17, 15) is 19.2 Å². The van der Waals surface area contributed by atoms with E-state index in [0.29, 0.717) is 34.7 Å². The zero-order chi connectivity index (χ0) is 25.9. The van der Waals surface area contributed by atoms with Gasteiger partial charge in [0.25, 0.3) is 5.91 Å². The maximum absolute atomic E-state index is 13.0. The minimum absolute atomic E-state index is 0.0578. The van der Waals surface area contributed by atoms with Crippen LogP contribution >= 0.6 is 0 Å². The number of hydrogen-bond acceptors (Lipinski definition) is 6. The third-order valence-corrected chi connectivity index (χ3v) is 5.33. The van der Waals surface area contributed by atoms with E-state index in [2.05, 4.69) is 5.32 Å². The molecule has 3 aromatic carbocycles. The molecule has 0 spiro atoms. The summed E-state index contributed by atoms with van der Waals surface area (Å²) in [5.74, 6) is -0.906. The van der Waals surface area contributed by atoms with E-state index in [1.165, 1.54) is 6.92 Å². The number of anilines is 1. The Morgan fingerprint density at radius 2 is 1.56 bits per heavy atom. The van der Waals surface area contributed by atoms with Crippen molar-refractivity contribution in [3.8, 4) is 5.75 Å². The van der Waals surface area contributed by atoms with Gasteiger partial charge in [-0.05, 0) is 49.7 Å². The minimum Gasteiger partial charge on any atom is -0.494 e. The highest BCUT2D eigenvalue weighted by atomic mass is 16.5. The number of carbonyl (C=O) groups excluding carboxylic acids is 4. The van der Waals surface area contributed by atoms with E-state index < -0.39 is 18.0 Å². The highest BCUT2D eigenvalue weighted by molar-refractivity contribution is 6.00. The van der Waals surface area contributed by atoms with E-state index in [-0.39, 0.29) is 24.4 Å². The van der Waals surface area contributed by atoms with Crippen molar-refractivity contribution in [2.45, 2.75) is 39.2 Å². The summed E-state index contributed by atoms with van der Waals surface area (Å²) < 4.78 is 11.0. The SMILES string of the molecule is CCCOc1ccc(C(=O)CCC(=O)OC(C(=O)Nc2cccc(C(C)=O)c2)c2ccccc2)cc1. The number of nitrogens with one attached hydrogen (secondary N) is 1. The number of rotatable bonds is 12. The van der Waals surface area contributed by atoms with E-state index in [4.69, 9.17) is 9.47 Å². The van der Waals surface area contributed by atoms with Crippen LogP contribution in [0.15, 0.2) is 78.9 Å². The minimum atomic E-state index is -1.22. The molecule has 186 valence electrons. The first-order valence-corrected chi connectivity index (χ1v) is 11.8. The fraction of sp³-hybridized carbons (Fsp3) is 0.241. The van der Waals surface area contributed by atoms with Crippen LogP contribution in [0.5, 0.6) is 5.75 Å². The number of Topliss-reactive ketones (excluding diaryl/α,β-unsaturated/α-hetero) is 2. The van der Waals surface area contributed by atoms with Gasteiger partial charge in [-0.1, -0.05) is 49.4 Å². The van der Waals surface area contributed by atoms with Crippen LogP contribution in [-0.2, 0) is 14.3 Å². The zero-order valence-electron chi connectivity index (χ0n) is 20.4. The number of ketones is 2. The van der Waals surface area contributed by atoms with Gasteiger partial charge in [-0.2, -0.15) is 0 Å². The summed E-state index contributed by atoms with van der Waals surface area (Å²) in [7, 11) is 0. The summed E-state index contributed by atoms with van der Waals surface area (Å²) >= 11 is 0. The van der Waals surface area contributed by atoms with Crippen LogP contribution in [0.3, 0.4) is 0 Å². The second kappa shape index (κ2) is 13.0. The molecule has 1 N–H and O–H groups in total. The molecule has 0 radical (unpaired) electrons. The maximum atomic E-state index is 13.0. The molecule has 3 aromatic rings. The van der Waals surface area contributed by atoms with Crippen LogP contribution in [0.1, 0.15) is 65.5 Å². The predicted molar refractivity (Wildman–Crippen MR) is 136 cm³/mol. The monoisotopic (exact) mass is 487 g/mol. The first kappa shape index (κ1) is 26.3. The molecule has 0 bridgehead atoms. The molecule has 0 aliphatic rings. The summed E-state index contributed by atoms with van der Waals surface area (Å²) in [6.07, 6.45) is -0.568. The molecule has 1 atom stereocenters. The third kappa shape index (κ3) is 7.63. The Morgan fingerprint density at radius 1 is 0.833 bits per heavy atom. The van der Waals surface area contributed by atoms with Crippen LogP contribution in [0.4, 0.5) is 5.69 Å². The van der Waals surface area contributed by atoms with Crippen molar-refractivity contribution in [1.29, 1.82) is 0 Å². The van der Waals surface area contributed by atoms with Crippen molar-refractivity contribution in [2.24, 2.45) is 0 Å². The quantitative estimate of drug-likeness (QED) is 0.265. The first-order valence-electron chi connectivity index (χ1n) is 11.8. The number of esters is 1. The standard InChI is InChI=1S/C29H29NO6/c1-3-18-35-25-14-12-21(13-15-25)26(32)16-17-27(33)36-28(22-8-5-4-6-9-22)29(34)30-24-11-7-10-23(19-24)20(2)31/h4-15,19,28H,3,16-18H2,1-2H3,(H,30,34). The average Bonchev–Trinajstić information content (AvgIpc) is 2.90. The number of carbonyl (C=O) groups is 4. The molecule has 7 nitrogen and oxygen atoms in total. The Labute approximate surface area is 210 Å². The van der Waals surface area contributed by atoms with Crippen molar-refractivity contribution in [3.63, 3.8) is 0 Å². The molecular formula is C29H29NO6. The van der Waals surface area contributed by atoms with E-state index in [0.717, 1.165) is 6.42 Å². The van der Waals surface area contributed by atoms with Crippen LogP contribution in [0.25, 0.3) is 0 Å². The van der Waals surface area contributed by atoms with Gasteiger partial charge in [-0.15, -0.1) is 0 Å². The zero-order valence-corrected chi connectivity index (χ0v) is 20.4. The van der Waals surface area contributed by atoms with Gasteiger partial charge < -0.3 is 14.8 Å². The van der Waals surface area contributed by atoms with Crippen molar-refractivity contribution in [3.05, 3.63) is 95.6 Å². The highest BCUT2D eigenvalue weighted by Gasteiger charge is 2.25. The van der Waals surface area contributed by atoms with Gasteiger partial charge in [-0.25, -0.2) is 0 Å². The normalized spacial score (nSPS) is 11.3. The lowest BCUT2D eigenvalue weighted by Gasteiger charge is -2.18. The van der Waals surface area contributed by atoms with Crippen molar-refractivity contribution in [1.82, 2.24) is 0 Å². The molecular weight excluding hydrogens is 458 g/mol. The summed E-state index contributed by atoms with van der Waals surface area (Å²) in [5.41, 5.74) is 1.81. The fourth-order valence-corrected chi connectivity index (χ4v) is 3.43. The molecule has 0 aliphatic heterocycles. The number of hydrogen-bond donors (Lipinski definition) is 1. The summed E-state index contributed by atoms with van der Waals surface area (Å²) in [4.78, 5) is 49.9. The second-order valence-electron chi connectivity index (χ2n) is 8.20. The van der Waals surface area contributed by atoms with Gasteiger partial charge >= 0.3 is 5.97 Å². The maximum Gasteiger partial charge on any atom is 0.307 e. The smallest absolute Gasteiger partial charge is 0.307 e. The average molecular weight is 488 g/mol. The van der Waals surface area contributed by atoms with E-state index >= 15 is 0 Å². The summed E-state index contributed by atoms with van der Waals surface area (Å²) in [6, 6.07) is 21.9. The Balaban J connectivity index is 1.64. The highest BCUT2D eigenvalue weighted by Crippen LogP contribution is 2.22. The molecule has 7 heteroatoms. The third-order valence-electron chi connectivity index (χ3n) is 5.33. The van der Waals surface area contributed by atoms with Gasteiger partial charge in [0.15, 0.2) is 11.6 Å². The van der Waals surface area contributed by atoms with Gasteiger partial charge in [0.1, 0.15) is 5.75 Å². The van der Waals surface area contributed by atoms with E-state index in [1.54, 1.807) is 78.9 Å². The molecule has 0 fully saturated rings. The summed E-state index contributed by atoms with van der Waals surface area (Å²) in [6.45, 7) is 4.04.